The van der Waals surface area contributed by atoms with Gasteiger partial charge in [0.2, 0.25) is 0 Å². The summed E-state index contributed by atoms with van der Waals surface area (Å²) in [6.07, 6.45) is 0. The van der Waals surface area contributed by atoms with E-state index >= 15 is 0 Å². The topological polar surface area (TPSA) is 102 Å². The van der Waals surface area contributed by atoms with Crippen LogP contribution in [0.25, 0.3) is 0 Å². The second-order valence-corrected chi connectivity index (χ2v) is 4.46. The van der Waals surface area contributed by atoms with E-state index in [0.29, 0.717) is 5.56 Å². The van der Waals surface area contributed by atoms with Crippen molar-refractivity contribution in [1.82, 2.24) is 0 Å². The van der Waals surface area contributed by atoms with Gasteiger partial charge < -0.3 is 10.5 Å². The smallest absolute Gasteiger partial charge is 0.310 e. The number of benzene rings is 2. The lowest BCUT2D eigenvalue weighted by molar-refractivity contribution is -0.385. The highest BCUT2D eigenvalue weighted by Gasteiger charge is 2.29. The van der Waals surface area contributed by atoms with Crippen LogP contribution in [0.4, 0.5) is 5.69 Å². The number of nitrogens with two attached hydrogens (primary N) is 1. The number of ether oxygens (including phenoxy) is 1. The van der Waals surface area contributed by atoms with Gasteiger partial charge in [-0.15, -0.1) is 0 Å². The van der Waals surface area contributed by atoms with E-state index in [1.807, 2.05) is 12.1 Å². The molecule has 0 saturated carbocycles. The predicted molar refractivity (Wildman–Crippen MR) is 76.5 cm³/mol. The van der Waals surface area contributed by atoms with Crippen LogP contribution in [-0.2, 0) is 5.54 Å². The van der Waals surface area contributed by atoms with Crippen molar-refractivity contribution in [2.45, 2.75) is 5.54 Å². The van der Waals surface area contributed by atoms with Gasteiger partial charge in [-0.25, -0.2) is 0 Å². The standard InChI is InChI=1S/C15H13N3O3/c16-10-15(17,12-6-2-1-3-7-12)11-21-14-9-5-4-8-13(14)18(19)20/h1-9H,11,17H2. The predicted octanol–water partition coefficient (Wildman–Crippen LogP) is 2.35. The molecular weight excluding hydrogens is 270 g/mol. The molecule has 2 N–H and O–H groups in total. The molecule has 1 unspecified atom stereocenters. The van der Waals surface area contributed by atoms with Gasteiger partial charge in [0.25, 0.3) is 0 Å². The molecule has 2 aromatic rings. The van der Waals surface area contributed by atoms with Gasteiger partial charge in [0, 0.05) is 6.07 Å². The van der Waals surface area contributed by atoms with E-state index in [0.717, 1.165) is 0 Å². The summed E-state index contributed by atoms with van der Waals surface area (Å²) in [5, 5.41) is 20.2. The van der Waals surface area contributed by atoms with Gasteiger partial charge in [0.15, 0.2) is 11.3 Å². The fourth-order valence-electron chi connectivity index (χ4n) is 1.84. The van der Waals surface area contributed by atoms with Crippen LogP contribution in [0.5, 0.6) is 5.75 Å². The maximum Gasteiger partial charge on any atom is 0.310 e. The zero-order chi connectivity index (χ0) is 15.3. The molecule has 0 saturated heterocycles. The summed E-state index contributed by atoms with van der Waals surface area (Å²) in [6, 6.07) is 16.7. The van der Waals surface area contributed by atoms with E-state index in [1.165, 1.54) is 12.1 Å². The van der Waals surface area contributed by atoms with E-state index in [1.54, 1.807) is 36.4 Å². The average Bonchev–Trinajstić information content (AvgIpc) is 2.53. The molecule has 0 amide bonds. The van der Waals surface area contributed by atoms with Gasteiger partial charge in [0.05, 0.1) is 11.0 Å². The van der Waals surface area contributed by atoms with Crippen LogP contribution in [-0.4, -0.2) is 11.5 Å². The Morgan fingerprint density at radius 1 is 1.19 bits per heavy atom. The van der Waals surface area contributed by atoms with Crippen molar-refractivity contribution in [3.05, 3.63) is 70.3 Å². The van der Waals surface area contributed by atoms with Crippen molar-refractivity contribution >= 4 is 5.69 Å². The number of nitriles is 1. The number of hydrogen-bond acceptors (Lipinski definition) is 5. The lowest BCUT2D eigenvalue weighted by Gasteiger charge is -2.22. The van der Waals surface area contributed by atoms with E-state index in [4.69, 9.17) is 10.5 Å². The number of hydrogen-bond donors (Lipinski definition) is 1. The average molecular weight is 283 g/mol. The lowest BCUT2D eigenvalue weighted by atomic mass is 9.94. The molecule has 0 aliphatic rings. The Morgan fingerprint density at radius 3 is 2.43 bits per heavy atom. The first kappa shape index (κ1) is 14.5. The van der Waals surface area contributed by atoms with Crippen molar-refractivity contribution in [3.8, 4) is 11.8 Å². The number of nitro benzene ring substituents is 1. The Bertz CT molecular complexity index is 682. The highest BCUT2D eigenvalue weighted by atomic mass is 16.6. The maximum absolute atomic E-state index is 10.9. The number of nitrogens with zero attached hydrogens (tertiary/aromatic N) is 2. The van der Waals surface area contributed by atoms with E-state index < -0.39 is 10.5 Å². The Morgan fingerprint density at radius 2 is 1.81 bits per heavy atom. The SMILES string of the molecule is N#CC(N)(COc1ccccc1[N+](=O)[O-])c1ccccc1. The molecule has 0 fully saturated rings. The van der Waals surface area contributed by atoms with Gasteiger partial charge in [-0.05, 0) is 11.6 Å². The molecule has 106 valence electrons. The van der Waals surface area contributed by atoms with Crippen LogP contribution < -0.4 is 10.5 Å². The molecule has 0 aliphatic heterocycles. The molecule has 0 bridgehead atoms. The van der Waals surface area contributed by atoms with Crippen LogP contribution in [0.15, 0.2) is 54.6 Å². The fourth-order valence-corrected chi connectivity index (χ4v) is 1.84. The minimum Gasteiger partial charge on any atom is -0.483 e. The summed E-state index contributed by atoms with van der Waals surface area (Å²) in [7, 11) is 0. The first-order valence-corrected chi connectivity index (χ1v) is 6.19. The minimum atomic E-state index is -1.37. The molecule has 0 radical (unpaired) electrons. The van der Waals surface area contributed by atoms with Gasteiger partial charge in [0.1, 0.15) is 6.61 Å². The highest BCUT2D eigenvalue weighted by molar-refractivity contribution is 5.46. The third-order valence-electron chi connectivity index (χ3n) is 3.01. The summed E-state index contributed by atoms with van der Waals surface area (Å²) in [4.78, 5) is 10.4. The third-order valence-corrected chi connectivity index (χ3v) is 3.01. The summed E-state index contributed by atoms with van der Waals surface area (Å²) >= 11 is 0. The monoisotopic (exact) mass is 283 g/mol. The number of rotatable bonds is 5. The first-order valence-electron chi connectivity index (χ1n) is 6.19. The van der Waals surface area contributed by atoms with Gasteiger partial charge in [-0.2, -0.15) is 5.26 Å². The highest BCUT2D eigenvalue weighted by Crippen LogP contribution is 2.27. The molecule has 6 heteroatoms. The van der Waals surface area contributed by atoms with E-state index in [9.17, 15) is 15.4 Å². The van der Waals surface area contributed by atoms with Crippen molar-refractivity contribution in [3.63, 3.8) is 0 Å². The van der Waals surface area contributed by atoms with Gasteiger partial charge in [-0.3, -0.25) is 10.1 Å². The third kappa shape index (κ3) is 3.16. The molecule has 6 nitrogen and oxygen atoms in total. The lowest BCUT2D eigenvalue weighted by Crippen LogP contribution is -2.41. The zero-order valence-electron chi connectivity index (χ0n) is 11.1. The Balaban J connectivity index is 2.23. The van der Waals surface area contributed by atoms with Crippen molar-refractivity contribution in [1.29, 1.82) is 5.26 Å². The summed E-state index contributed by atoms with van der Waals surface area (Å²) in [6.45, 7) is -0.182. The summed E-state index contributed by atoms with van der Waals surface area (Å²) in [5.41, 5.74) is 5.09. The zero-order valence-corrected chi connectivity index (χ0v) is 11.1. The van der Waals surface area contributed by atoms with Crippen molar-refractivity contribution in [2.75, 3.05) is 6.61 Å². The van der Waals surface area contributed by atoms with Crippen LogP contribution in [0.2, 0.25) is 0 Å². The Kier molecular flexibility index (Phi) is 4.16. The second-order valence-electron chi connectivity index (χ2n) is 4.46. The molecule has 1 atom stereocenters. The summed E-state index contributed by atoms with van der Waals surface area (Å²) in [5.74, 6) is 0.0866. The normalized spacial score (nSPS) is 13.0. The molecule has 0 heterocycles. The molecule has 2 rings (SSSR count). The maximum atomic E-state index is 10.9. The first-order chi connectivity index (χ1) is 10.1. The largest absolute Gasteiger partial charge is 0.483 e. The minimum absolute atomic E-state index is 0.0866. The van der Waals surface area contributed by atoms with Crippen molar-refractivity contribution < 1.29 is 9.66 Å². The number of para-hydroxylation sites is 2. The molecule has 21 heavy (non-hydrogen) atoms. The number of nitro groups is 1. The quantitative estimate of drug-likeness (QED) is 0.670. The van der Waals surface area contributed by atoms with E-state index in [-0.39, 0.29) is 18.0 Å². The summed E-state index contributed by atoms with van der Waals surface area (Å²) < 4.78 is 5.42. The van der Waals surface area contributed by atoms with Gasteiger partial charge >= 0.3 is 5.69 Å². The fraction of sp³-hybridized carbons (Fsp3) is 0.133. The van der Waals surface area contributed by atoms with Crippen LogP contribution in [0.3, 0.4) is 0 Å². The Labute approximate surface area is 121 Å². The van der Waals surface area contributed by atoms with Crippen LogP contribution in [0.1, 0.15) is 5.56 Å². The van der Waals surface area contributed by atoms with Crippen LogP contribution >= 0.6 is 0 Å². The van der Waals surface area contributed by atoms with Crippen LogP contribution in [0, 0.1) is 21.4 Å². The molecule has 0 aliphatic carbocycles. The molecule has 0 spiro atoms. The molecule has 0 aromatic heterocycles. The molecule has 2 aromatic carbocycles. The van der Waals surface area contributed by atoms with E-state index in [2.05, 4.69) is 0 Å². The molecular formula is C15H13N3O3. The van der Waals surface area contributed by atoms with Gasteiger partial charge in [-0.1, -0.05) is 42.5 Å². The second kappa shape index (κ2) is 6.03. The van der Waals surface area contributed by atoms with Crippen molar-refractivity contribution in [2.24, 2.45) is 5.73 Å². The Hall–Kier alpha value is -2.91.